The largest absolute Gasteiger partial charge is 0.490 e. The minimum atomic E-state index is -0.852. The second-order valence-electron chi connectivity index (χ2n) is 9.17. The number of hydrazone groups is 1. The van der Waals surface area contributed by atoms with E-state index >= 15 is 0 Å². The van der Waals surface area contributed by atoms with Crippen LogP contribution < -0.4 is 25.0 Å². The van der Waals surface area contributed by atoms with Crippen molar-refractivity contribution in [3.8, 4) is 17.2 Å². The number of hydrogen-bond acceptors (Lipinski definition) is 9. The summed E-state index contributed by atoms with van der Waals surface area (Å²) in [6, 6.07) is 11.8. The lowest BCUT2D eigenvalue weighted by Gasteiger charge is -2.13. The van der Waals surface area contributed by atoms with E-state index in [1.165, 1.54) is 17.6 Å². The molecule has 0 aliphatic rings. The molecule has 0 unspecified atom stereocenters. The highest BCUT2D eigenvalue weighted by molar-refractivity contribution is 7.16. The summed E-state index contributed by atoms with van der Waals surface area (Å²) in [5.74, 6) is 0.359. The van der Waals surface area contributed by atoms with E-state index in [2.05, 4.69) is 15.8 Å². The van der Waals surface area contributed by atoms with Gasteiger partial charge in [0, 0.05) is 10.4 Å². The molecule has 3 rings (SSSR count). The molecule has 1 heterocycles. The van der Waals surface area contributed by atoms with Gasteiger partial charge in [-0.3, -0.25) is 9.59 Å². The van der Waals surface area contributed by atoms with Crippen LogP contribution >= 0.6 is 11.3 Å². The lowest BCUT2D eigenvalue weighted by molar-refractivity contribution is -0.127. The third-order valence-electron chi connectivity index (χ3n) is 6.01. The number of carbonyl (C=O) groups excluding carboxylic acids is 3. The van der Waals surface area contributed by atoms with E-state index in [0.717, 1.165) is 22.4 Å². The quantitative estimate of drug-likeness (QED) is 0.135. The first-order valence-corrected chi connectivity index (χ1v) is 14.6. The molecule has 3 aromatic rings. The van der Waals surface area contributed by atoms with E-state index in [4.69, 9.17) is 18.9 Å². The topological polar surface area (TPSA) is 125 Å². The smallest absolute Gasteiger partial charge is 0.341 e. The Balaban J connectivity index is 1.57. The average molecular weight is 596 g/mol. The van der Waals surface area contributed by atoms with Gasteiger partial charge in [0.25, 0.3) is 11.8 Å². The van der Waals surface area contributed by atoms with Crippen molar-refractivity contribution in [2.24, 2.45) is 5.10 Å². The zero-order valence-corrected chi connectivity index (χ0v) is 25.6. The van der Waals surface area contributed by atoms with Crippen LogP contribution in [0.1, 0.15) is 70.8 Å². The number of nitrogens with one attached hydrogen (secondary N) is 2. The molecular weight excluding hydrogens is 558 g/mol. The van der Waals surface area contributed by atoms with Crippen LogP contribution in [0.2, 0.25) is 0 Å². The Kier molecular flexibility index (Phi) is 11.9. The number of thiophene rings is 1. The highest BCUT2D eigenvalue weighted by Gasteiger charge is 2.22. The number of aryl methyl sites for hydroxylation is 1. The second kappa shape index (κ2) is 15.6. The Morgan fingerprint density at radius 3 is 2.38 bits per heavy atom. The summed E-state index contributed by atoms with van der Waals surface area (Å²) in [7, 11) is 0. The zero-order chi connectivity index (χ0) is 30.6. The van der Waals surface area contributed by atoms with Crippen LogP contribution in [0.25, 0.3) is 0 Å². The van der Waals surface area contributed by atoms with Crippen molar-refractivity contribution in [1.82, 2.24) is 5.43 Å². The monoisotopic (exact) mass is 595 g/mol. The van der Waals surface area contributed by atoms with Gasteiger partial charge in [0.15, 0.2) is 17.6 Å². The van der Waals surface area contributed by atoms with Crippen LogP contribution in [-0.4, -0.2) is 49.9 Å². The number of carbonyl (C=O) groups is 3. The predicted octanol–water partition coefficient (Wildman–Crippen LogP) is 5.90. The number of hydrogen-bond donors (Lipinski definition) is 2. The van der Waals surface area contributed by atoms with Crippen LogP contribution in [0.4, 0.5) is 5.00 Å². The molecule has 0 fully saturated rings. The minimum Gasteiger partial charge on any atom is -0.490 e. The minimum absolute atomic E-state index is 0.239. The molecule has 0 saturated carbocycles. The lowest BCUT2D eigenvalue weighted by Crippen LogP contribution is -2.33. The number of esters is 1. The third-order valence-corrected chi connectivity index (χ3v) is 7.13. The van der Waals surface area contributed by atoms with Gasteiger partial charge in [-0.25, -0.2) is 10.2 Å². The first kappa shape index (κ1) is 32.1. The Morgan fingerprint density at radius 1 is 0.976 bits per heavy atom. The SMILES string of the molecule is CCCOc1ccc(/C=N\NC(=O)[C@@H](C)Oc2ccc(C(=O)Nc3sc(C)c(C)c3C(=O)OCC)cc2)cc1OCC. The highest BCUT2D eigenvalue weighted by Crippen LogP contribution is 2.33. The maximum atomic E-state index is 12.9. The summed E-state index contributed by atoms with van der Waals surface area (Å²) in [5.41, 5.74) is 4.70. The van der Waals surface area contributed by atoms with Gasteiger partial charge in [0.1, 0.15) is 10.8 Å². The zero-order valence-electron chi connectivity index (χ0n) is 24.7. The summed E-state index contributed by atoms with van der Waals surface area (Å²) >= 11 is 1.32. The molecular formula is C31H37N3O7S. The second-order valence-corrected chi connectivity index (χ2v) is 10.4. The van der Waals surface area contributed by atoms with Gasteiger partial charge in [-0.1, -0.05) is 6.92 Å². The Labute approximate surface area is 250 Å². The van der Waals surface area contributed by atoms with Gasteiger partial charge in [0.2, 0.25) is 0 Å². The molecule has 1 aromatic heterocycles. The normalized spacial score (nSPS) is 11.6. The van der Waals surface area contributed by atoms with Crippen molar-refractivity contribution in [3.05, 3.63) is 69.6 Å². The van der Waals surface area contributed by atoms with Crippen LogP contribution in [0.5, 0.6) is 17.2 Å². The van der Waals surface area contributed by atoms with Crippen molar-refractivity contribution in [1.29, 1.82) is 0 Å². The predicted molar refractivity (Wildman–Crippen MR) is 163 cm³/mol. The molecule has 0 saturated heterocycles. The molecule has 0 radical (unpaired) electrons. The first-order valence-electron chi connectivity index (χ1n) is 13.8. The van der Waals surface area contributed by atoms with Gasteiger partial charge in [-0.2, -0.15) is 5.10 Å². The fourth-order valence-corrected chi connectivity index (χ4v) is 4.79. The number of benzene rings is 2. The van der Waals surface area contributed by atoms with Crippen LogP contribution in [-0.2, 0) is 9.53 Å². The maximum absolute atomic E-state index is 12.9. The molecule has 2 N–H and O–H groups in total. The van der Waals surface area contributed by atoms with E-state index in [1.54, 1.807) is 50.2 Å². The number of anilines is 1. The van der Waals surface area contributed by atoms with Gasteiger partial charge in [-0.15, -0.1) is 11.3 Å². The van der Waals surface area contributed by atoms with Crippen molar-refractivity contribution >= 4 is 40.3 Å². The molecule has 0 bridgehead atoms. The lowest BCUT2D eigenvalue weighted by atomic mass is 10.1. The van der Waals surface area contributed by atoms with E-state index in [-0.39, 0.29) is 12.5 Å². The summed E-state index contributed by atoms with van der Waals surface area (Å²) in [4.78, 5) is 38.7. The Bertz CT molecular complexity index is 1420. The molecule has 11 heteroatoms. The first-order chi connectivity index (χ1) is 20.2. The number of nitrogens with zero attached hydrogens (tertiary/aromatic N) is 1. The molecule has 0 aliphatic heterocycles. The molecule has 2 amide bonds. The van der Waals surface area contributed by atoms with Gasteiger partial charge >= 0.3 is 5.97 Å². The molecule has 2 aromatic carbocycles. The van der Waals surface area contributed by atoms with Crippen molar-refractivity contribution in [3.63, 3.8) is 0 Å². The van der Waals surface area contributed by atoms with E-state index in [9.17, 15) is 14.4 Å². The molecule has 0 spiro atoms. The number of rotatable bonds is 14. The van der Waals surface area contributed by atoms with E-state index < -0.39 is 18.0 Å². The summed E-state index contributed by atoms with van der Waals surface area (Å²) in [6.45, 7) is 12.3. The van der Waals surface area contributed by atoms with Crippen LogP contribution in [0.15, 0.2) is 47.6 Å². The van der Waals surface area contributed by atoms with E-state index in [0.29, 0.717) is 46.6 Å². The fourth-order valence-electron chi connectivity index (χ4n) is 3.75. The molecule has 224 valence electrons. The standard InChI is InChI=1S/C31H37N3O7S/c1-7-16-40-25-15-10-22(17-26(25)38-8-2)18-32-34-28(35)20(5)41-24-13-11-23(12-14-24)29(36)33-30-27(31(37)39-9-3)19(4)21(6)42-30/h10-15,17-18,20H,7-9,16H2,1-6H3,(H,33,36)(H,34,35)/b32-18-/t20-/m1/s1. The summed E-state index contributed by atoms with van der Waals surface area (Å²) in [6.07, 6.45) is 1.54. The third kappa shape index (κ3) is 8.56. The van der Waals surface area contributed by atoms with Crippen LogP contribution in [0, 0.1) is 13.8 Å². The average Bonchev–Trinajstić information content (AvgIpc) is 3.25. The Hall–Kier alpha value is -4.38. The molecule has 0 aliphatic carbocycles. The molecule has 42 heavy (non-hydrogen) atoms. The van der Waals surface area contributed by atoms with Gasteiger partial charge < -0.3 is 24.3 Å². The van der Waals surface area contributed by atoms with Gasteiger partial charge in [0.05, 0.1) is 31.6 Å². The number of ether oxygens (including phenoxy) is 4. The van der Waals surface area contributed by atoms with Gasteiger partial charge in [-0.05, 0) is 94.6 Å². The Morgan fingerprint density at radius 2 is 1.71 bits per heavy atom. The van der Waals surface area contributed by atoms with Crippen molar-refractivity contribution < 1.29 is 33.3 Å². The maximum Gasteiger partial charge on any atom is 0.341 e. The highest BCUT2D eigenvalue weighted by atomic mass is 32.1. The van der Waals surface area contributed by atoms with Crippen molar-refractivity contribution in [2.45, 2.75) is 54.1 Å². The summed E-state index contributed by atoms with van der Waals surface area (Å²) in [5, 5.41) is 7.28. The van der Waals surface area contributed by atoms with E-state index in [1.807, 2.05) is 33.8 Å². The fraction of sp³-hybridized carbons (Fsp3) is 0.355. The molecule has 1 atom stereocenters. The van der Waals surface area contributed by atoms with Crippen molar-refractivity contribution in [2.75, 3.05) is 25.1 Å². The molecule has 10 nitrogen and oxygen atoms in total. The van der Waals surface area contributed by atoms with Crippen LogP contribution in [0.3, 0.4) is 0 Å². The summed E-state index contributed by atoms with van der Waals surface area (Å²) < 4.78 is 22.2. The number of amides is 2.